The Hall–Kier alpha value is -3.56. The highest BCUT2D eigenvalue weighted by Crippen LogP contribution is 2.29. The van der Waals surface area contributed by atoms with Crippen molar-refractivity contribution in [1.29, 1.82) is 0 Å². The molecule has 1 heterocycles. The number of nitrogens with one attached hydrogen (secondary N) is 3. The first-order valence-corrected chi connectivity index (χ1v) is 15.6. The summed E-state index contributed by atoms with van der Waals surface area (Å²) in [7, 11) is 1.48. The lowest BCUT2D eigenvalue weighted by atomic mass is 9.93. The third-order valence-electron chi connectivity index (χ3n) is 7.81. The molecule has 1 aliphatic heterocycles. The molecule has 2 aromatic carbocycles. The summed E-state index contributed by atoms with van der Waals surface area (Å²) in [5.41, 5.74) is 1.04. The predicted octanol–water partition coefficient (Wildman–Crippen LogP) is 3.78. The van der Waals surface area contributed by atoms with Crippen LogP contribution in [0.5, 0.6) is 0 Å². The number of rotatable bonds is 18. The zero-order valence-corrected chi connectivity index (χ0v) is 26.9. The molecule has 1 fully saturated rings. The highest BCUT2D eigenvalue weighted by Gasteiger charge is 2.50. The van der Waals surface area contributed by atoms with Crippen LogP contribution in [-0.4, -0.2) is 67.1 Å². The number of ether oxygens (including phenoxy) is 2. The molecule has 5 atom stereocenters. The number of carbonyl (C=O) groups is 4. The quantitative estimate of drug-likeness (QED) is 0.222. The minimum atomic E-state index is -0.969. The fourth-order valence-electron chi connectivity index (χ4n) is 5.19. The smallest absolute Gasteiger partial charge is 0.249 e. The standard InChI is InChI=1S/C35H49N3O6/c1-23(2)19-27(31(39)35(5)22-44-35)36-33(41)29(21-26-15-11-8-12-16-26)37-32(40)28(20-24(3)4)38-34(42)30(43-6)18-17-25-13-9-7-10-14-25/h7-16,23-24,27-30H,17-22H2,1-6H3,(H,36,41)(H,37,40)(H,38,42)/t27-,28-,29-,30-,35+/m0/s1. The van der Waals surface area contributed by atoms with Crippen molar-refractivity contribution in [2.24, 2.45) is 11.8 Å². The van der Waals surface area contributed by atoms with Gasteiger partial charge in [-0.15, -0.1) is 0 Å². The van der Waals surface area contributed by atoms with E-state index in [9.17, 15) is 19.2 Å². The van der Waals surface area contributed by atoms with Crippen LogP contribution in [0.15, 0.2) is 60.7 Å². The number of carbonyl (C=O) groups excluding carboxylic acids is 4. The molecule has 0 unspecified atom stereocenters. The van der Waals surface area contributed by atoms with Gasteiger partial charge in [0.25, 0.3) is 0 Å². The van der Waals surface area contributed by atoms with E-state index in [2.05, 4.69) is 16.0 Å². The van der Waals surface area contributed by atoms with Gasteiger partial charge in [-0.05, 0) is 55.6 Å². The number of methoxy groups -OCH3 is 1. The zero-order chi connectivity index (χ0) is 32.3. The van der Waals surface area contributed by atoms with Gasteiger partial charge in [0.2, 0.25) is 17.7 Å². The predicted molar refractivity (Wildman–Crippen MR) is 170 cm³/mol. The molecule has 0 aromatic heterocycles. The Morgan fingerprint density at radius 2 is 1.23 bits per heavy atom. The summed E-state index contributed by atoms with van der Waals surface area (Å²) >= 11 is 0. The van der Waals surface area contributed by atoms with E-state index in [1.54, 1.807) is 6.92 Å². The SMILES string of the molecule is CO[C@@H](CCc1ccccc1)C(=O)N[C@@H](CC(C)C)C(=O)N[C@@H](Cc1ccccc1)C(=O)N[C@@H](CC(C)C)C(=O)[C@@]1(C)CO1. The highest BCUT2D eigenvalue weighted by molar-refractivity contribution is 5.98. The summed E-state index contributed by atoms with van der Waals surface area (Å²) in [5, 5.41) is 8.68. The van der Waals surface area contributed by atoms with E-state index >= 15 is 0 Å². The van der Waals surface area contributed by atoms with Crippen molar-refractivity contribution in [3.05, 3.63) is 71.8 Å². The molecule has 0 spiro atoms. The summed E-state index contributed by atoms with van der Waals surface area (Å²) in [6.07, 6.45) is 1.40. The minimum absolute atomic E-state index is 0.0880. The maximum atomic E-state index is 13.7. The minimum Gasteiger partial charge on any atom is -0.372 e. The Bertz CT molecular complexity index is 1230. The first-order valence-electron chi connectivity index (χ1n) is 15.6. The second-order valence-corrected chi connectivity index (χ2v) is 12.8. The van der Waals surface area contributed by atoms with E-state index in [-0.39, 0.29) is 29.9 Å². The number of amides is 3. The summed E-state index contributed by atoms with van der Waals surface area (Å²) in [6, 6.07) is 16.6. The van der Waals surface area contributed by atoms with E-state index in [0.29, 0.717) is 32.3 Å². The van der Waals surface area contributed by atoms with Crippen molar-refractivity contribution in [1.82, 2.24) is 16.0 Å². The van der Waals surface area contributed by atoms with Gasteiger partial charge in [-0.25, -0.2) is 0 Å². The molecular formula is C35H49N3O6. The fraction of sp³-hybridized carbons (Fsp3) is 0.543. The third kappa shape index (κ3) is 10.9. The van der Waals surface area contributed by atoms with Crippen molar-refractivity contribution in [3.63, 3.8) is 0 Å². The van der Waals surface area contributed by atoms with Crippen molar-refractivity contribution in [3.8, 4) is 0 Å². The van der Waals surface area contributed by atoms with Gasteiger partial charge in [0.05, 0.1) is 12.6 Å². The molecule has 0 aliphatic carbocycles. The van der Waals surface area contributed by atoms with Gasteiger partial charge in [-0.2, -0.15) is 0 Å². The molecule has 3 amide bonds. The van der Waals surface area contributed by atoms with Crippen LogP contribution in [0.2, 0.25) is 0 Å². The molecule has 9 heteroatoms. The maximum absolute atomic E-state index is 13.7. The largest absolute Gasteiger partial charge is 0.372 e. The van der Waals surface area contributed by atoms with Crippen molar-refractivity contribution in [2.45, 2.75) is 96.6 Å². The van der Waals surface area contributed by atoms with Crippen LogP contribution in [0.25, 0.3) is 0 Å². The average molecular weight is 608 g/mol. The zero-order valence-electron chi connectivity index (χ0n) is 26.9. The first kappa shape index (κ1) is 34.9. The van der Waals surface area contributed by atoms with E-state index < -0.39 is 41.6 Å². The lowest BCUT2D eigenvalue weighted by Gasteiger charge is -2.27. The van der Waals surface area contributed by atoms with Gasteiger partial charge >= 0.3 is 0 Å². The summed E-state index contributed by atoms with van der Waals surface area (Å²) in [4.78, 5) is 54.0. The van der Waals surface area contributed by atoms with Gasteiger partial charge in [0, 0.05) is 13.5 Å². The molecule has 0 bridgehead atoms. The number of ketones is 1. The van der Waals surface area contributed by atoms with E-state index in [0.717, 1.165) is 11.1 Å². The third-order valence-corrected chi connectivity index (χ3v) is 7.81. The van der Waals surface area contributed by atoms with Crippen LogP contribution in [0, 0.1) is 11.8 Å². The summed E-state index contributed by atoms with van der Waals surface area (Å²) in [6.45, 7) is 9.95. The monoisotopic (exact) mass is 607 g/mol. The van der Waals surface area contributed by atoms with Crippen LogP contribution in [0.1, 0.15) is 65.0 Å². The Labute approximate surface area is 261 Å². The lowest BCUT2D eigenvalue weighted by Crippen LogP contribution is -2.58. The second kappa shape index (κ2) is 16.5. The van der Waals surface area contributed by atoms with E-state index in [1.807, 2.05) is 88.4 Å². The molecule has 2 aromatic rings. The van der Waals surface area contributed by atoms with Crippen molar-refractivity contribution >= 4 is 23.5 Å². The molecule has 1 aliphatic rings. The normalized spacial score (nSPS) is 18.6. The van der Waals surface area contributed by atoms with Crippen molar-refractivity contribution < 1.29 is 28.7 Å². The maximum Gasteiger partial charge on any atom is 0.249 e. The van der Waals surface area contributed by atoms with Gasteiger partial charge in [0.1, 0.15) is 23.8 Å². The molecule has 0 saturated carbocycles. The molecule has 3 N–H and O–H groups in total. The second-order valence-electron chi connectivity index (χ2n) is 12.8. The van der Waals surface area contributed by atoms with E-state index in [1.165, 1.54) is 7.11 Å². The molecule has 0 radical (unpaired) electrons. The van der Waals surface area contributed by atoms with Crippen LogP contribution in [0.4, 0.5) is 0 Å². The number of hydrogen-bond donors (Lipinski definition) is 3. The van der Waals surface area contributed by atoms with Crippen LogP contribution >= 0.6 is 0 Å². The molecule has 240 valence electrons. The molecule has 44 heavy (non-hydrogen) atoms. The number of aryl methyl sites for hydroxylation is 1. The molecule has 3 rings (SSSR count). The van der Waals surface area contributed by atoms with Gasteiger partial charge in [-0.3, -0.25) is 19.2 Å². The van der Waals surface area contributed by atoms with Gasteiger partial charge in [-0.1, -0.05) is 88.4 Å². The average Bonchev–Trinajstić information content (AvgIpc) is 3.74. The Morgan fingerprint density at radius 3 is 1.75 bits per heavy atom. The fourth-order valence-corrected chi connectivity index (χ4v) is 5.19. The van der Waals surface area contributed by atoms with Crippen LogP contribution in [-0.2, 0) is 41.5 Å². The Morgan fingerprint density at radius 1 is 0.750 bits per heavy atom. The summed E-state index contributed by atoms with van der Waals surface area (Å²) in [5.74, 6) is -1.24. The molecule has 1 saturated heterocycles. The first-order chi connectivity index (χ1) is 20.9. The number of benzene rings is 2. The topological polar surface area (TPSA) is 126 Å². The number of Topliss-reactive ketones (excluding diaryl/α,β-unsaturated/α-hetero) is 1. The number of hydrogen-bond acceptors (Lipinski definition) is 6. The van der Waals surface area contributed by atoms with Gasteiger partial charge in [0.15, 0.2) is 5.78 Å². The van der Waals surface area contributed by atoms with Gasteiger partial charge < -0.3 is 25.4 Å². The van der Waals surface area contributed by atoms with Crippen LogP contribution < -0.4 is 16.0 Å². The Kier molecular flexibility index (Phi) is 13.1. The lowest BCUT2D eigenvalue weighted by molar-refractivity contribution is -0.137. The summed E-state index contributed by atoms with van der Waals surface area (Å²) < 4.78 is 10.9. The molecule has 9 nitrogen and oxygen atoms in total. The highest BCUT2D eigenvalue weighted by atomic mass is 16.6. The van der Waals surface area contributed by atoms with E-state index in [4.69, 9.17) is 9.47 Å². The number of epoxide rings is 1. The molecular weight excluding hydrogens is 558 g/mol. The van der Waals surface area contributed by atoms with Crippen LogP contribution in [0.3, 0.4) is 0 Å². The Balaban J connectivity index is 1.76. The van der Waals surface area contributed by atoms with Crippen molar-refractivity contribution in [2.75, 3.05) is 13.7 Å².